The van der Waals surface area contributed by atoms with E-state index in [1.165, 1.54) is 76.4 Å². The van der Waals surface area contributed by atoms with Gasteiger partial charge in [0.15, 0.2) is 0 Å². The third-order valence-electron chi connectivity index (χ3n) is 12.4. The van der Waals surface area contributed by atoms with Crippen LogP contribution in [0.15, 0.2) is 231 Å². The third kappa shape index (κ3) is 5.92. The van der Waals surface area contributed by atoms with E-state index in [4.69, 9.17) is 4.98 Å². The predicted molar refractivity (Wildman–Crippen MR) is 258 cm³/mol. The molecular formula is C59H38N2. The second-order valence-electron chi connectivity index (χ2n) is 15.9. The summed E-state index contributed by atoms with van der Waals surface area (Å²) in [6.45, 7) is 0. The van der Waals surface area contributed by atoms with Gasteiger partial charge in [-0.3, -0.25) is 0 Å². The zero-order valence-electron chi connectivity index (χ0n) is 33.3. The Morgan fingerprint density at radius 2 is 0.754 bits per heavy atom. The lowest BCUT2D eigenvalue weighted by molar-refractivity contribution is 1.18. The van der Waals surface area contributed by atoms with Crippen LogP contribution in [-0.2, 0) is 0 Å². The SMILES string of the molecule is c1ccc(-c2ccc(-n3c4ccccc4c4cc(-c5cccc6c7ccccc7c7cc(-c8cc(-c9ccccc9)nc(-c9ccccc9)c8)ccc7c56)ccc43)cc2)cc1. The van der Waals surface area contributed by atoms with Gasteiger partial charge < -0.3 is 4.57 Å². The van der Waals surface area contributed by atoms with Crippen molar-refractivity contribution in [2.75, 3.05) is 0 Å². The van der Waals surface area contributed by atoms with E-state index in [9.17, 15) is 0 Å². The molecule has 61 heavy (non-hydrogen) atoms. The number of hydrogen-bond donors (Lipinski definition) is 0. The van der Waals surface area contributed by atoms with Crippen molar-refractivity contribution in [2.45, 2.75) is 0 Å². The minimum absolute atomic E-state index is 0.962. The van der Waals surface area contributed by atoms with Crippen molar-refractivity contribution in [1.82, 2.24) is 9.55 Å². The Kier molecular flexibility index (Phi) is 8.21. The molecule has 0 bridgehead atoms. The van der Waals surface area contributed by atoms with Gasteiger partial charge in [0.25, 0.3) is 0 Å². The maximum atomic E-state index is 5.17. The van der Waals surface area contributed by atoms with Crippen LogP contribution in [0.3, 0.4) is 0 Å². The highest BCUT2D eigenvalue weighted by Crippen LogP contribution is 2.44. The monoisotopic (exact) mass is 774 g/mol. The minimum Gasteiger partial charge on any atom is -0.309 e. The lowest BCUT2D eigenvalue weighted by atomic mass is 9.88. The summed E-state index contributed by atoms with van der Waals surface area (Å²) in [6, 6.07) is 83.6. The molecule has 0 radical (unpaired) electrons. The van der Waals surface area contributed by atoms with Crippen LogP contribution in [0.2, 0.25) is 0 Å². The maximum Gasteiger partial charge on any atom is 0.0715 e. The van der Waals surface area contributed by atoms with Crippen LogP contribution in [0.25, 0.3) is 116 Å². The van der Waals surface area contributed by atoms with E-state index >= 15 is 0 Å². The molecular weight excluding hydrogens is 737 g/mol. The summed E-state index contributed by atoms with van der Waals surface area (Å²) < 4.78 is 2.41. The van der Waals surface area contributed by atoms with E-state index in [0.717, 1.165) is 39.3 Å². The molecule has 0 aliphatic carbocycles. The van der Waals surface area contributed by atoms with Crippen molar-refractivity contribution in [3.63, 3.8) is 0 Å². The number of benzene rings is 10. The number of nitrogens with zero attached hydrogens (tertiary/aromatic N) is 2. The molecule has 2 heteroatoms. The fourth-order valence-electron chi connectivity index (χ4n) is 9.49. The van der Waals surface area contributed by atoms with Crippen molar-refractivity contribution in [2.24, 2.45) is 0 Å². The largest absolute Gasteiger partial charge is 0.309 e. The summed E-state index contributed by atoms with van der Waals surface area (Å²) >= 11 is 0. The highest BCUT2D eigenvalue weighted by molar-refractivity contribution is 6.29. The Bertz CT molecular complexity index is 3550. The zero-order valence-corrected chi connectivity index (χ0v) is 33.3. The van der Waals surface area contributed by atoms with Crippen LogP contribution in [0.4, 0.5) is 0 Å². The average Bonchev–Trinajstić information content (AvgIpc) is 3.68. The molecule has 0 fully saturated rings. The van der Waals surface area contributed by atoms with Crippen LogP contribution in [0.1, 0.15) is 0 Å². The molecule has 2 aromatic heterocycles. The first-order valence-corrected chi connectivity index (χ1v) is 21.0. The van der Waals surface area contributed by atoms with E-state index < -0.39 is 0 Å². The Morgan fingerprint density at radius 1 is 0.262 bits per heavy atom. The second kappa shape index (κ2) is 14.3. The van der Waals surface area contributed by atoms with E-state index in [0.29, 0.717) is 0 Å². The predicted octanol–water partition coefficient (Wildman–Crippen LogP) is 16.0. The first kappa shape index (κ1) is 34.9. The van der Waals surface area contributed by atoms with Gasteiger partial charge in [-0.2, -0.15) is 0 Å². The van der Waals surface area contributed by atoms with Gasteiger partial charge >= 0.3 is 0 Å². The summed E-state index contributed by atoms with van der Waals surface area (Å²) in [4.78, 5) is 5.17. The van der Waals surface area contributed by atoms with Gasteiger partial charge in [-0.25, -0.2) is 4.98 Å². The van der Waals surface area contributed by atoms with E-state index in [2.05, 4.69) is 235 Å². The molecule has 284 valence electrons. The lowest BCUT2D eigenvalue weighted by Gasteiger charge is -2.16. The Hall–Kier alpha value is -8.07. The molecule has 0 aliphatic heterocycles. The van der Waals surface area contributed by atoms with Crippen LogP contribution in [-0.4, -0.2) is 9.55 Å². The lowest BCUT2D eigenvalue weighted by Crippen LogP contribution is -1.94. The van der Waals surface area contributed by atoms with E-state index in [1.54, 1.807) is 0 Å². The Morgan fingerprint density at radius 3 is 1.44 bits per heavy atom. The molecule has 2 nitrogen and oxygen atoms in total. The molecule has 0 N–H and O–H groups in total. The smallest absolute Gasteiger partial charge is 0.0715 e. The first-order valence-electron chi connectivity index (χ1n) is 21.0. The molecule has 12 aromatic rings. The van der Waals surface area contributed by atoms with Crippen LogP contribution in [0, 0.1) is 0 Å². The van der Waals surface area contributed by atoms with Crippen molar-refractivity contribution >= 4 is 54.1 Å². The Balaban J connectivity index is 1.04. The summed E-state index contributed by atoms with van der Waals surface area (Å²) in [5, 5.41) is 10.0. The van der Waals surface area contributed by atoms with E-state index in [1.807, 2.05) is 0 Å². The summed E-state index contributed by atoms with van der Waals surface area (Å²) in [5.41, 5.74) is 14.8. The highest BCUT2D eigenvalue weighted by Gasteiger charge is 2.18. The molecule has 0 aliphatic rings. The fourth-order valence-corrected chi connectivity index (χ4v) is 9.49. The fraction of sp³-hybridized carbons (Fsp3) is 0. The van der Waals surface area contributed by atoms with Gasteiger partial charge in [-0.05, 0) is 114 Å². The second-order valence-corrected chi connectivity index (χ2v) is 15.9. The molecule has 0 saturated carbocycles. The van der Waals surface area contributed by atoms with Crippen molar-refractivity contribution in [3.05, 3.63) is 231 Å². The summed E-state index contributed by atoms with van der Waals surface area (Å²) in [5.74, 6) is 0. The normalized spacial score (nSPS) is 11.6. The van der Waals surface area contributed by atoms with Crippen LogP contribution >= 0.6 is 0 Å². The van der Waals surface area contributed by atoms with Crippen LogP contribution < -0.4 is 0 Å². The molecule has 0 unspecified atom stereocenters. The maximum absolute atomic E-state index is 5.17. The Labute approximate surface area is 354 Å². The van der Waals surface area contributed by atoms with Crippen LogP contribution in [0.5, 0.6) is 0 Å². The third-order valence-corrected chi connectivity index (χ3v) is 12.4. The molecule has 0 spiro atoms. The number of para-hydroxylation sites is 1. The zero-order chi connectivity index (χ0) is 40.3. The van der Waals surface area contributed by atoms with Gasteiger partial charge in [0, 0.05) is 27.6 Å². The number of rotatable bonds is 6. The summed E-state index contributed by atoms with van der Waals surface area (Å²) in [6.07, 6.45) is 0. The number of pyridine rings is 1. The minimum atomic E-state index is 0.962. The van der Waals surface area contributed by atoms with Gasteiger partial charge in [0.2, 0.25) is 0 Å². The molecule has 0 amide bonds. The van der Waals surface area contributed by atoms with Gasteiger partial charge in [-0.1, -0.05) is 182 Å². The average molecular weight is 775 g/mol. The van der Waals surface area contributed by atoms with Crippen molar-refractivity contribution < 1.29 is 0 Å². The number of fused-ring (bicyclic) bond motifs is 9. The molecule has 2 heterocycles. The number of aromatic nitrogens is 2. The number of hydrogen-bond acceptors (Lipinski definition) is 1. The molecule has 10 aromatic carbocycles. The first-order chi connectivity index (χ1) is 30.2. The standard InChI is InChI=1S/C59H38N2/c1-4-15-39(16-5-1)40-27-31-46(32-28-40)61-57-26-13-12-23-50(57)54-36-44(30-34-58(54)61)47-24-14-25-51-48-21-10-11-22-49(48)53-35-43(29-33-52(53)59(47)51)45-37-55(41-17-6-2-7-18-41)60-56(38-45)42-19-8-3-9-20-42/h1-38H. The quantitative estimate of drug-likeness (QED) is 0.154. The van der Waals surface area contributed by atoms with Crippen molar-refractivity contribution in [3.8, 4) is 61.6 Å². The summed E-state index contributed by atoms with van der Waals surface area (Å²) in [7, 11) is 0. The topological polar surface area (TPSA) is 17.8 Å². The van der Waals surface area contributed by atoms with E-state index in [-0.39, 0.29) is 0 Å². The van der Waals surface area contributed by atoms with Gasteiger partial charge in [0.05, 0.1) is 22.4 Å². The van der Waals surface area contributed by atoms with Crippen molar-refractivity contribution in [1.29, 1.82) is 0 Å². The molecule has 0 saturated heterocycles. The molecule has 0 atom stereocenters. The highest BCUT2D eigenvalue weighted by atomic mass is 15.0. The molecule has 12 rings (SSSR count). The van der Waals surface area contributed by atoms with Gasteiger partial charge in [0.1, 0.15) is 0 Å². The van der Waals surface area contributed by atoms with Gasteiger partial charge in [-0.15, -0.1) is 0 Å².